The average Bonchev–Trinajstić information content (AvgIpc) is 3.17. The Morgan fingerprint density at radius 1 is 1.53 bits per heavy atom. The number of carboxylic acids is 1. The molecule has 0 spiro atoms. The molecule has 1 aliphatic carbocycles. The highest BCUT2D eigenvalue weighted by atomic mass is 19.1. The van der Waals surface area contributed by atoms with E-state index >= 15 is 0 Å². The SMILES string of the molecule is CCCCN(c1cc(F)c(C(=O)O)cc1N)C1CC1. The zero-order chi connectivity index (χ0) is 14.0. The van der Waals surface area contributed by atoms with Crippen LogP contribution >= 0.6 is 0 Å². The molecule has 1 saturated carbocycles. The number of halogens is 1. The van der Waals surface area contributed by atoms with Crippen LogP contribution in [0.4, 0.5) is 15.8 Å². The zero-order valence-corrected chi connectivity index (χ0v) is 11.0. The van der Waals surface area contributed by atoms with Crippen molar-refractivity contribution in [3.8, 4) is 0 Å². The number of carbonyl (C=O) groups is 1. The molecule has 0 aromatic heterocycles. The lowest BCUT2D eigenvalue weighted by molar-refractivity contribution is 0.0692. The van der Waals surface area contributed by atoms with Gasteiger partial charge in [-0.3, -0.25) is 0 Å². The van der Waals surface area contributed by atoms with E-state index in [1.165, 1.54) is 12.1 Å². The standard InChI is InChI=1S/C14H19FN2O2/c1-2-3-6-17(9-4-5-9)13-8-11(15)10(14(18)19)7-12(13)16/h7-9H,2-6,16H2,1H3,(H,18,19). The first kappa shape index (κ1) is 13.6. The molecule has 3 N–H and O–H groups in total. The van der Waals surface area contributed by atoms with E-state index in [-0.39, 0.29) is 5.56 Å². The van der Waals surface area contributed by atoms with E-state index < -0.39 is 11.8 Å². The van der Waals surface area contributed by atoms with Crippen LogP contribution in [0.25, 0.3) is 0 Å². The first-order chi connectivity index (χ1) is 9.04. The molecule has 0 unspecified atom stereocenters. The molecule has 19 heavy (non-hydrogen) atoms. The van der Waals surface area contributed by atoms with Gasteiger partial charge < -0.3 is 15.7 Å². The number of aromatic carboxylic acids is 1. The van der Waals surface area contributed by atoms with Crippen LogP contribution in [0.15, 0.2) is 12.1 Å². The lowest BCUT2D eigenvalue weighted by atomic mass is 10.1. The van der Waals surface area contributed by atoms with Gasteiger partial charge in [0.2, 0.25) is 0 Å². The highest BCUT2D eigenvalue weighted by Crippen LogP contribution is 2.36. The monoisotopic (exact) mass is 266 g/mol. The summed E-state index contributed by atoms with van der Waals surface area (Å²) in [5.74, 6) is -2.01. The minimum absolute atomic E-state index is 0.335. The predicted molar refractivity (Wildman–Crippen MR) is 73.0 cm³/mol. The summed E-state index contributed by atoms with van der Waals surface area (Å²) in [7, 11) is 0. The predicted octanol–water partition coefficient (Wildman–Crippen LogP) is 2.88. The summed E-state index contributed by atoms with van der Waals surface area (Å²) in [6, 6.07) is 2.89. The molecule has 0 saturated heterocycles. The Labute approximate surface area is 112 Å². The van der Waals surface area contributed by atoms with Crippen LogP contribution in [-0.2, 0) is 0 Å². The van der Waals surface area contributed by atoms with Crippen molar-refractivity contribution in [1.82, 2.24) is 0 Å². The first-order valence-electron chi connectivity index (χ1n) is 6.63. The van der Waals surface area contributed by atoms with Crippen molar-refractivity contribution in [2.45, 2.75) is 38.6 Å². The third-order valence-electron chi connectivity index (χ3n) is 3.40. The van der Waals surface area contributed by atoms with Crippen molar-refractivity contribution in [3.63, 3.8) is 0 Å². The number of rotatable bonds is 6. The smallest absolute Gasteiger partial charge is 0.338 e. The van der Waals surface area contributed by atoms with Gasteiger partial charge in [0, 0.05) is 18.7 Å². The fourth-order valence-corrected chi connectivity index (χ4v) is 2.21. The third kappa shape index (κ3) is 2.97. The Bertz CT molecular complexity index is 487. The van der Waals surface area contributed by atoms with Crippen LogP contribution in [0.2, 0.25) is 0 Å². The number of hydrogen-bond donors (Lipinski definition) is 2. The van der Waals surface area contributed by atoms with Gasteiger partial charge in [0.15, 0.2) is 0 Å². The molecule has 1 aromatic carbocycles. The van der Waals surface area contributed by atoms with Crippen LogP contribution in [0.3, 0.4) is 0 Å². The van der Waals surface area contributed by atoms with Crippen LogP contribution in [0.5, 0.6) is 0 Å². The maximum atomic E-state index is 13.8. The van der Waals surface area contributed by atoms with Crippen LogP contribution in [0.1, 0.15) is 43.0 Å². The average molecular weight is 266 g/mol. The maximum Gasteiger partial charge on any atom is 0.338 e. The molecule has 104 valence electrons. The molecule has 0 amide bonds. The first-order valence-corrected chi connectivity index (χ1v) is 6.63. The summed E-state index contributed by atoms with van der Waals surface area (Å²) in [6.07, 6.45) is 4.24. The van der Waals surface area contributed by atoms with E-state index in [1.54, 1.807) is 0 Å². The number of anilines is 2. The van der Waals surface area contributed by atoms with Crippen molar-refractivity contribution in [2.24, 2.45) is 0 Å². The lowest BCUT2D eigenvalue weighted by Crippen LogP contribution is -2.28. The number of nitrogen functional groups attached to an aromatic ring is 1. The molecule has 0 heterocycles. The zero-order valence-electron chi connectivity index (χ0n) is 11.0. The molecule has 1 aliphatic rings. The topological polar surface area (TPSA) is 66.6 Å². The number of nitrogens with two attached hydrogens (primary N) is 1. The minimum atomic E-state index is -1.29. The molecule has 1 aromatic rings. The van der Waals surface area contributed by atoms with Crippen molar-refractivity contribution >= 4 is 17.3 Å². The second-order valence-electron chi connectivity index (χ2n) is 4.97. The summed E-state index contributed by atoms with van der Waals surface area (Å²) in [5.41, 5.74) is 6.49. The van der Waals surface area contributed by atoms with E-state index in [9.17, 15) is 9.18 Å². The third-order valence-corrected chi connectivity index (χ3v) is 3.40. The molecule has 5 heteroatoms. The van der Waals surface area contributed by atoms with Gasteiger partial charge in [-0.25, -0.2) is 9.18 Å². The molecule has 0 aliphatic heterocycles. The van der Waals surface area contributed by atoms with Crippen molar-refractivity contribution in [2.75, 3.05) is 17.2 Å². The molecule has 1 fully saturated rings. The summed E-state index contributed by atoms with van der Waals surface area (Å²) < 4.78 is 13.8. The Hall–Kier alpha value is -1.78. The van der Waals surface area contributed by atoms with E-state index in [1.807, 2.05) is 0 Å². The maximum absolute atomic E-state index is 13.8. The van der Waals surface area contributed by atoms with Crippen molar-refractivity contribution < 1.29 is 14.3 Å². The van der Waals surface area contributed by atoms with Gasteiger partial charge in [0.25, 0.3) is 0 Å². The minimum Gasteiger partial charge on any atom is -0.478 e. The number of benzene rings is 1. The van der Waals surface area contributed by atoms with E-state index in [0.29, 0.717) is 17.4 Å². The van der Waals surface area contributed by atoms with Crippen molar-refractivity contribution in [1.29, 1.82) is 0 Å². The molecule has 4 nitrogen and oxygen atoms in total. The Morgan fingerprint density at radius 2 is 2.21 bits per heavy atom. The van der Waals surface area contributed by atoms with E-state index in [0.717, 1.165) is 32.2 Å². The quantitative estimate of drug-likeness (QED) is 0.777. The van der Waals surface area contributed by atoms with Crippen LogP contribution in [-0.4, -0.2) is 23.7 Å². The molecular weight excluding hydrogens is 247 g/mol. The second-order valence-corrected chi connectivity index (χ2v) is 4.97. The van der Waals surface area contributed by atoms with Crippen LogP contribution < -0.4 is 10.6 Å². The largest absolute Gasteiger partial charge is 0.478 e. The number of hydrogen-bond acceptors (Lipinski definition) is 3. The van der Waals surface area contributed by atoms with Gasteiger partial charge in [-0.15, -0.1) is 0 Å². The Morgan fingerprint density at radius 3 is 2.74 bits per heavy atom. The second kappa shape index (κ2) is 5.47. The summed E-state index contributed by atoms with van der Waals surface area (Å²) in [6.45, 7) is 2.93. The highest BCUT2D eigenvalue weighted by Gasteiger charge is 2.30. The van der Waals surface area contributed by atoms with Gasteiger partial charge in [-0.1, -0.05) is 13.3 Å². The number of unbranched alkanes of at least 4 members (excludes halogenated alkanes) is 1. The van der Waals surface area contributed by atoms with E-state index in [2.05, 4.69) is 11.8 Å². The number of nitrogens with zero attached hydrogens (tertiary/aromatic N) is 1. The molecule has 0 radical (unpaired) electrons. The summed E-state index contributed by atoms with van der Waals surface area (Å²) >= 11 is 0. The molecule has 2 rings (SSSR count). The normalized spacial score (nSPS) is 14.4. The van der Waals surface area contributed by atoms with Crippen LogP contribution in [0, 0.1) is 5.82 Å². The summed E-state index contributed by atoms with van der Waals surface area (Å²) in [4.78, 5) is 13.0. The van der Waals surface area contributed by atoms with Gasteiger partial charge >= 0.3 is 5.97 Å². The van der Waals surface area contributed by atoms with E-state index in [4.69, 9.17) is 10.8 Å². The fourth-order valence-electron chi connectivity index (χ4n) is 2.21. The van der Waals surface area contributed by atoms with Gasteiger partial charge in [0.1, 0.15) is 5.82 Å². The fraction of sp³-hybridized carbons (Fsp3) is 0.500. The molecular formula is C14H19FN2O2. The molecule has 0 atom stereocenters. The summed E-state index contributed by atoms with van der Waals surface area (Å²) in [5, 5.41) is 8.87. The van der Waals surface area contributed by atoms with Gasteiger partial charge in [0.05, 0.1) is 16.9 Å². The Balaban J connectivity index is 2.31. The van der Waals surface area contributed by atoms with Gasteiger partial charge in [-0.05, 0) is 25.3 Å². The van der Waals surface area contributed by atoms with Gasteiger partial charge in [-0.2, -0.15) is 0 Å². The molecule has 0 bridgehead atoms. The van der Waals surface area contributed by atoms with Crippen molar-refractivity contribution in [3.05, 3.63) is 23.5 Å². The highest BCUT2D eigenvalue weighted by molar-refractivity contribution is 5.91. The number of carboxylic acid groups (broad SMARTS) is 1. The lowest BCUT2D eigenvalue weighted by Gasteiger charge is -2.26. The Kier molecular flexibility index (Phi) is 3.93.